The van der Waals surface area contributed by atoms with Gasteiger partial charge in [0.1, 0.15) is 0 Å². The molecule has 0 amide bonds. The summed E-state index contributed by atoms with van der Waals surface area (Å²) in [6.45, 7) is 14.1. The molecule has 0 bridgehead atoms. The largest absolute Gasteiger partial charge is 0.261 e. The maximum Gasteiger partial charge on any atom is 0.0733 e. The molecule has 0 aromatic carbocycles. The molecule has 0 saturated carbocycles. The van der Waals surface area contributed by atoms with Gasteiger partial charge < -0.3 is 0 Å². The Kier molecular flexibility index (Phi) is 5.57. The van der Waals surface area contributed by atoms with Gasteiger partial charge in [0, 0.05) is 8.07 Å². The van der Waals surface area contributed by atoms with E-state index < -0.39 is 15.1 Å². The zero-order valence-electron chi connectivity index (χ0n) is 8.44. The van der Waals surface area contributed by atoms with E-state index in [9.17, 15) is 0 Å². The highest BCUT2D eigenvalue weighted by atomic mass is 31.2. The van der Waals surface area contributed by atoms with Crippen LogP contribution in [0.25, 0.3) is 0 Å². The number of hydrogen-bond acceptors (Lipinski definition) is 1. The molecule has 0 radical (unpaired) electrons. The van der Waals surface area contributed by atoms with E-state index in [1.807, 2.05) is 0 Å². The summed E-state index contributed by atoms with van der Waals surface area (Å²) in [7, 11) is -2.46. The van der Waals surface area contributed by atoms with Crippen LogP contribution in [0.3, 0.4) is 0 Å². The van der Waals surface area contributed by atoms with Crippen molar-refractivity contribution in [2.24, 2.45) is 13.8 Å². The maximum atomic E-state index is 4.60. The molecular weight excluding hydrogens is 207 g/mol. The Bertz CT molecular complexity index is 238. The molecule has 0 rings (SSSR count). The minimum Gasteiger partial charge on any atom is -0.261 e. The van der Waals surface area contributed by atoms with Crippen LogP contribution in [-0.4, -0.2) is 40.0 Å². The summed E-state index contributed by atoms with van der Waals surface area (Å²) in [5.41, 5.74) is 0. The van der Waals surface area contributed by atoms with E-state index in [0.29, 0.717) is 0 Å². The van der Waals surface area contributed by atoms with E-state index in [1.165, 1.54) is 0 Å². The van der Waals surface area contributed by atoms with Gasteiger partial charge in [0.05, 0.1) is 15.1 Å². The van der Waals surface area contributed by atoms with Crippen molar-refractivity contribution in [3.63, 3.8) is 0 Å². The van der Waals surface area contributed by atoms with Crippen LogP contribution in [0.15, 0.2) is 13.8 Å². The lowest BCUT2D eigenvalue weighted by Crippen LogP contribution is -1.65. The number of hydrogen-bond donors (Lipinski definition) is 0. The van der Waals surface area contributed by atoms with Crippen LogP contribution in [0, 0.1) is 0 Å². The lowest BCUT2D eigenvalue weighted by Gasteiger charge is -2.07. The van der Waals surface area contributed by atoms with Crippen LogP contribution < -0.4 is 0 Å². The molecule has 0 aromatic rings. The Balaban J connectivity index is 4.64. The smallest absolute Gasteiger partial charge is 0.0733 e. The van der Waals surface area contributed by atoms with Gasteiger partial charge in [-0.15, -0.1) is 0 Å². The predicted molar refractivity (Wildman–Crippen MR) is 66.2 cm³/mol. The molecule has 0 aliphatic rings. The first-order valence-electron chi connectivity index (χ1n) is 3.65. The van der Waals surface area contributed by atoms with Gasteiger partial charge in [-0.05, 0) is 40.0 Å². The van der Waals surface area contributed by atoms with Gasteiger partial charge in [-0.25, -0.2) is 4.52 Å². The summed E-state index contributed by atoms with van der Waals surface area (Å²) in [5.74, 6) is 0. The molecule has 0 heterocycles. The van der Waals surface area contributed by atoms with Crippen LogP contribution in [0.2, 0.25) is 0 Å². The second kappa shape index (κ2) is 5.32. The van der Waals surface area contributed by atoms with Crippen molar-refractivity contribution in [2.45, 2.75) is 0 Å². The van der Waals surface area contributed by atoms with E-state index in [1.54, 1.807) is 0 Å². The highest BCUT2D eigenvalue weighted by molar-refractivity contribution is 7.71. The third-order valence-corrected chi connectivity index (χ3v) is 7.65. The zero-order valence-corrected chi connectivity index (χ0v) is 11.2. The molecule has 6 heteroatoms. The third kappa shape index (κ3) is 6.12. The third-order valence-electron chi connectivity index (χ3n) is 1.08. The minimum atomic E-state index is -1.43. The highest BCUT2D eigenvalue weighted by Gasteiger charge is 1.99. The summed E-state index contributed by atoms with van der Waals surface area (Å²) in [4.78, 5) is 0. The molecule has 0 aromatic heterocycles. The van der Waals surface area contributed by atoms with Crippen LogP contribution in [0.4, 0.5) is 0 Å². The average molecular weight is 225 g/mol. The monoisotopic (exact) mass is 225 g/mol. The van der Waals surface area contributed by atoms with Crippen molar-refractivity contribution in [2.75, 3.05) is 33.3 Å². The fourth-order valence-electron chi connectivity index (χ4n) is 0.695. The lowest BCUT2D eigenvalue weighted by molar-refractivity contribution is 1.73. The van der Waals surface area contributed by atoms with Crippen molar-refractivity contribution in [3.05, 3.63) is 0 Å². The van der Waals surface area contributed by atoms with Gasteiger partial charge >= 0.3 is 0 Å². The van der Waals surface area contributed by atoms with E-state index in [0.717, 1.165) is 0 Å². The second-order valence-electron chi connectivity index (χ2n) is 3.07. The molecule has 0 fully saturated rings. The molecule has 3 nitrogen and oxygen atoms in total. The quantitative estimate of drug-likeness (QED) is 0.519. The van der Waals surface area contributed by atoms with E-state index in [4.69, 9.17) is 0 Å². The Labute approximate surface area is 77.5 Å². The Morgan fingerprint density at radius 2 is 1.83 bits per heavy atom. The molecule has 0 aliphatic heterocycles. The molecule has 0 N–H and O–H groups in total. The highest BCUT2D eigenvalue weighted by Crippen LogP contribution is 2.51. The predicted octanol–water partition coefficient (Wildman–Crippen LogP) is 3.66. The maximum absolute atomic E-state index is 4.60. The van der Waals surface area contributed by atoms with Gasteiger partial charge in [-0.3, -0.25) is 9.28 Å². The first-order valence-corrected chi connectivity index (χ1v) is 10.3. The number of rotatable bonds is 3. The molecule has 1 unspecified atom stereocenters. The summed E-state index contributed by atoms with van der Waals surface area (Å²) in [6.07, 6.45) is 0. The van der Waals surface area contributed by atoms with Gasteiger partial charge in [-0.2, -0.15) is 0 Å². The van der Waals surface area contributed by atoms with Crippen LogP contribution in [-0.2, 0) is 0 Å². The summed E-state index contributed by atoms with van der Waals surface area (Å²) >= 11 is 0. The fourth-order valence-corrected chi connectivity index (χ4v) is 6.62. The minimum absolute atomic E-state index is 0.166. The second-order valence-corrected chi connectivity index (χ2v) is 10.4. The van der Waals surface area contributed by atoms with Crippen LogP contribution in [0.5, 0.6) is 0 Å². The van der Waals surface area contributed by atoms with Crippen molar-refractivity contribution in [1.29, 1.82) is 0 Å². The van der Waals surface area contributed by atoms with Crippen LogP contribution in [0.1, 0.15) is 0 Å². The summed E-state index contributed by atoms with van der Waals surface area (Å²) in [5, 5.41) is 0. The molecule has 0 spiro atoms. The first kappa shape index (κ1) is 12.6. The Morgan fingerprint density at radius 3 is 2.17 bits per heavy atom. The van der Waals surface area contributed by atoms with E-state index >= 15 is 0 Å². The molecule has 12 heavy (non-hydrogen) atoms. The Hall–Kier alpha value is 0.560. The van der Waals surface area contributed by atoms with Crippen molar-refractivity contribution in [3.8, 4) is 0 Å². The normalized spacial score (nSPS) is 14.8. The molecule has 72 valence electrons. The average Bonchev–Trinajstić information content (AvgIpc) is 1.84. The van der Waals surface area contributed by atoms with Crippen molar-refractivity contribution >= 4 is 29.9 Å². The number of nitrogens with zero attached hydrogens (tertiary/aromatic N) is 3. The van der Waals surface area contributed by atoms with Crippen LogP contribution >= 0.6 is 23.1 Å². The standard InChI is InChI=1S/C6H18N3P3/c1-7-12(5,6)9-11(4)8-10(2)3/h11H,1H2,2-6H3. The van der Waals surface area contributed by atoms with Gasteiger partial charge in [0.15, 0.2) is 0 Å². The molecular formula is C6H18N3P3. The van der Waals surface area contributed by atoms with Crippen molar-refractivity contribution < 1.29 is 0 Å². The van der Waals surface area contributed by atoms with Gasteiger partial charge in [0.25, 0.3) is 0 Å². The zero-order chi connectivity index (χ0) is 9.78. The molecule has 0 saturated heterocycles. The summed E-state index contributed by atoms with van der Waals surface area (Å²) in [6, 6.07) is 0. The lowest BCUT2D eigenvalue weighted by atomic mass is 11.8. The Morgan fingerprint density at radius 1 is 1.33 bits per heavy atom. The van der Waals surface area contributed by atoms with E-state index in [-0.39, 0.29) is 8.07 Å². The van der Waals surface area contributed by atoms with Gasteiger partial charge in [-0.1, -0.05) is 0 Å². The first-order chi connectivity index (χ1) is 5.37. The SMILES string of the molecule is C=NP(C)(C)=N/[PH](C)=N\P(C)C. The molecule has 1 atom stereocenters. The summed E-state index contributed by atoms with van der Waals surface area (Å²) < 4.78 is 13.2. The topological polar surface area (TPSA) is 37.1 Å². The fraction of sp³-hybridized carbons (Fsp3) is 0.833. The van der Waals surface area contributed by atoms with Crippen molar-refractivity contribution in [1.82, 2.24) is 0 Å². The van der Waals surface area contributed by atoms with Gasteiger partial charge in [0.2, 0.25) is 0 Å². The molecule has 0 aliphatic carbocycles. The van der Waals surface area contributed by atoms with E-state index in [2.05, 4.69) is 53.8 Å².